The first-order chi connectivity index (χ1) is 13.4. The Bertz CT molecular complexity index is 1030. The van der Waals surface area contributed by atoms with Gasteiger partial charge in [0.1, 0.15) is 22.2 Å². The van der Waals surface area contributed by atoms with Gasteiger partial charge in [-0.05, 0) is 51.5 Å². The van der Waals surface area contributed by atoms with Gasteiger partial charge >= 0.3 is 0 Å². The number of anilines is 2. The molecule has 3 aromatic rings. The molecule has 3 rings (SSSR count). The maximum absolute atomic E-state index is 13.0. The third-order valence-corrected chi connectivity index (χ3v) is 5.98. The van der Waals surface area contributed by atoms with Crippen molar-refractivity contribution in [2.75, 3.05) is 30.4 Å². The van der Waals surface area contributed by atoms with E-state index in [2.05, 4.69) is 34.0 Å². The third kappa shape index (κ3) is 3.77. The van der Waals surface area contributed by atoms with Crippen LogP contribution in [0.1, 0.15) is 34.9 Å². The van der Waals surface area contributed by atoms with Crippen molar-refractivity contribution in [3.05, 3.63) is 39.5 Å². The van der Waals surface area contributed by atoms with Crippen LogP contribution in [0.3, 0.4) is 0 Å². The van der Waals surface area contributed by atoms with Crippen molar-refractivity contribution in [1.82, 2.24) is 9.97 Å². The molecule has 0 saturated carbocycles. The number of amides is 1. The number of nitrogens with zero attached hydrogens (tertiary/aromatic N) is 3. The van der Waals surface area contributed by atoms with Crippen molar-refractivity contribution < 1.29 is 9.53 Å². The van der Waals surface area contributed by atoms with E-state index in [0.29, 0.717) is 27.2 Å². The Morgan fingerprint density at radius 1 is 1.25 bits per heavy atom. The molecule has 0 unspecified atom stereocenters. The Hall–Kier alpha value is -2.38. The number of aryl methyl sites for hydroxylation is 2. The molecule has 0 aliphatic rings. The van der Waals surface area contributed by atoms with Crippen molar-refractivity contribution in [2.24, 2.45) is 0 Å². The molecule has 0 atom stereocenters. The van der Waals surface area contributed by atoms with Crippen LogP contribution in [0.2, 0.25) is 5.02 Å². The average Bonchev–Trinajstić information content (AvgIpc) is 2.99. The normalized spacial score (nSPS) is 10.9. The van der Waals surface area contributed by atoms with Crippen LogP contribution < -0.4 is 15.0 Å². The molecule has 0 bridgehead atoms. The predicted octanol–water partition coefficient (Wildman–Crippen LogP) is 5.07. The van der Waals surface area contributed by atoms with E-state index < -0.39 is 0 Å². The van der Waals surface area contributed by atoms with Crippen LogP contribution in [-0.4, -0.2) is 36.1 Å². The molecule has 8 heteroatoms. The molecule has 0 aliphatic carbocycles. The fourth-order valence-corrected chi connectivity index (χ4v) is 4.44. The van der Waals surface area contributed by atoms with Gasteiger partial charge in [0, 0.05) is 18.1 Å². The maximum Gasteiger partial charge on any atom is 0.266 e. The summed E-state index contributed by atoms with van der Waals surface area (Å²) in [5.74, 6) is 1.90. The summed E-state index contributed by atoms with van der Waals surface area (Å²) in [7, 11) is 1.55. The van der Waals surface area contributed by atoms with Gasteiger partial charge in [-0.1, -0.05) is 11.6 Å². The van der Waals surface area contributed by atoms with Gasteiger partial charge in [-0.25, -0.2) is 9.97 Å². The molecule has 2 heterocycles. The summed E-state index contributed by atoms with van der Waals surface area (Å²) < 4.78 is 5.32. The minimum Gasteiger partial charge on any atom is -0.495 e. The average molecular weight is 419 g/mol. The van der Waals surface area contributed by atoms with Crippen LogP contribution in [0.5, 0.6) is 5.75 Å². The van der Waals surface area contributed by atoms with Crippen LogP contribution in [0, 0.1) is 13.8 Å². The van der Waals surface area contributed by atoms with Gasteiger partial charge in [-0.15, -0.1) is 11.3 Å². The first-order valence-electron chi connectivity index (χ1n) is 9.07. The first-order valence-corrected chi connectivity index (χ1v) is 10.3. The molecule has 28 heavy (non-hydrogen) atoms. The molecule has 1 aromatic carbocycles. The summed E-state index contributed by atoms with van der Waals surface area (Å²) in [4.78, 5) is 25.8. The van der Waals surface area contributed by atoms with Gasteiger partial charge in [0.15, 0.2) is 0 Å². The van der Waals surface area contributed by atoms with Gasteiger partial charge in [-0.2, -0.15) is 0 Å². The number of ether oxygens (including phenoxy) is 1. The fourth-order valence-electron chi connectivity index (χ4n) is 3.15. The molecular formula is C20H23ClN4O2S. The van der Waals surface area contributed by atoms with E-state index in [1.54, 1.807) is 25.3 Å². The number of halogens is 1. The minimum atomic E-state index is -0.218. The number of hydrogen-bond acceptors (Lipinski definition) is 6. The molecule has 0 aliphatic heterocycles. The second-order valence-corrected chi connectivity index (χ2v) is 7.74. The van der Waals surface area contributed by atoms with Crippen molar-refractivity contribution in [3.63, 3.8) is 0 Å². The number of fused-ring (bicyclic) bond motifs is 1. The molecule has 1 amide bonds. The van der Waals surface area contributed by atoms with Crippen molar-refractivity contribution in [2.45, 2.75) is 27.7 Å². The summed E-state index contributed by atoms with van der Waals surface area (Å²) in [5.41, 5.74) is 1.41. The number of hydrogen-bond donors (Lipinski definition) is 1. The number of nitrogens with one attached hydrogen (secondary N) is 1. The van der Waals surface area contributed by atoms with Crippen molar-refractivity contribution in [3.8, 4) is 5.75 Å². The zero-order valence-corrected chi connectivity index (χ0v) is 18.2. The Morgan fingerprint density at radius 2 is 1.96 bits per heavy atom. The van der Waals surface area contributed by atoms with Gasteiger partial charge in [0.05, 0.1) is 23.1 Å². The van der Waals surface area contributed by atoms with Gasteiger partial charge < -0.3 is 15.0 Å². The Labute approximate surface area is 173 Å². The highest BCUT2D eigenvalue weighted by Gasteiger charge is 2.22. The third-order valence-electron chi connectivity index (χ3n) is 4.56. The number of benzene rings is 1. The van der Waals surface area contributed by atoms with Crippen LogP contribution in [0.15, 0.2) is 18.2 Å². The predicted molar refractivity (Wildman–Crippen MR) is 116 cm³/mol. The number of aromatic nitrogens is 2. The molecule has 6 nitrogen and oxygen atoms in total. The highest BCUT2D eigenvalue weighted by molar-refractivity contribution is 7.20. The van der Waals surface area contributed by atoms with E-state index in [-0.39, 0.29) is 5.91 Å². The lowest BCUT2D eigenvalue weighted by atomic mass is 10.1. The van der Waals surface area contributed by atoms with E-state index in [0.717, 1.165) is 34.7 Å². The molecule has 1 N–H and O–H groups in total. The molecule has 148 valence electrons. The Kier molecular flexibility index (Phi) is 6.05. The first kappa shape index (κ1) is 20.4. The largest absolute Gasteiger partial charge is 0.495 e. The second-order valence-electron chi connectivity index (χ2n) is 6.30. The SMILES string of the molecule is CCN(CC)c1nc(C)nc2sc(C(=O)Nc3cc(Cl)ccc3OC)c(C)c12. The maximum atomic E-state index is 13.0. The number of thiophene rings is 1. The summed E-state index contributed by atoms with van der Waals surface area (Å²) in [6.07, 6.45) is 0. The topological polar surface area (TPSA) is 67.4 Å². The van der Waals surface area contributed by atoms with E-state index in [1.165, 1.54) is 11.3 Å². The number of carbonyl (C=O) groups is 1. The Balaban J connectivity index is 2.07. The van der Waals surface area contributed by atoms with Crippen molar-refractivity contribution >= 4 is 50.6 Å². The summed E-state index contributed by atoms with van der Waals surface area (Å²) in [6.45, 7) is 9.66. The zero-order chi connectivity index (χ0) is 20.4. The monoisotopic (exact) mass is 418 g/mol. The van der Waals surface area contributed by atoms with E-state index >= 15 is 0 Å². The lowest BCUT2D eigenvalue weighted by Crippen LogP contribution is -2.23. The zero-order valence-electron chi connectivity index (χ0n) is 16.6. The number of methoxy groups -OCH3 is 1. The highest BCUT2D eigenvalue weighted by atomic mass is 35.5. The van der Waals surface area contributed by atoms with Gasteiger partial charge in [-0.3, -0.25) is 4.79 Å². The second kappa shape index (κ2) is 8.32. The van der Waals surface area contributed by atoms with E-state index in [9.17, 15) is 4.79 Å². The van der Waals surface area contributed by atoms with Crippen LogP contribution in [0.25, 0.3) is 10.2 Å². The smallest absolute Gasteiger partial charge is 0.266 e. The standard InChI is InChI=1S/C20H23ClN4O2S/c1-6-25(7-2)18-16-11(3)17(28-20(16)23-12(4)22-18)19(26)24-14-10-13(21)8-9-15(14)27-5/h8-10H,6-7H2,1-5H3,(H,24,26). The molecule has 0 spiro atoms. The van der Waals surface area contributed by atoms with Crippen LogP contribution >= 0.6 is 22.9 Å². The minimum absolute atomic E-state index is 0.218. The van der Waals surface area contributed by atoms with Crippen LogP contribution in [-0.2, 0) is 0 Å². The molecular weight excluding hydrogens is 396 g/mol. The molecule has 0 saturated heterocycles. The van der Waals surface area contributed by atoms with E-state index in [4.69, 9.17) is 16.3 Å². The van der Waals surface area contributed by atoms with Gasteiger partial charge in [0.25, 0.3) is 5.91 Å². The van der Waals surface area contributed by atoms with E-state index in [1.807, 2.05) is 13.8 Å². The lowest BCUT2D eigenvalue weighted by Gasteiger charge is -2.21. The number of carbonyl (C=O) groups excluding carboxylic acids is 1. The van der Waals surface area contributed by atoms with Gasteiger partial charge in [0.2, 0.25) is 0 Å². The molecule has 0 radical (unpaired) electrons. The fraction of sp³-hybridized carbons (Fsp3) is 0.350. The van der Waals surface area contributed by atoms with Crippen molar-refractivity contribution in [1.29, 1.82) is 0 Å². The molecule has 2 aromatic heterocycles. The quantitative estimate of drug-likeness (QED) is 0.605. The highest BCUT2D eigenvalue weighted by Crippen LogP contribution is 2.36. The summed E-state index contributed by atoms with van der Waals surface area (Å²) in [5, 5.41) is 4.37. The summed E-state index contributed by atoms with van der Waals surface area (Å²) >= 11 is 7.45. The lowest BCUT2D eigenvalue weighted by molar-refractivity contribution is 0.102. The molecule has 0 fully saturated rings. The Morgan fingerprint density at radius 3 is 2.61 bits per heavy atom. The number of rotatable bonds is 6. The van der Waals surface area contributed by atoms with Crippen LogP contribution in [0.4, 0.5) is 11.5 Å². The summed E-state index contributed by atoms with van der Waals surface area (Å²) in [6, 6.07) is 5.12.